The number of halogens is 1. The fraction of sp³-hybridized carbons (Fsp3) is 0.286. The third kappa shape index (κ3) is 2.39. The summed E-state index contributed by atoms with van der Waals surface area (Å²) in [6, 6.07) is 5.84. The molecule has 0 amide bonds. The Morgan fingerprint density at radius 3 is 2.85 bits per heavy atom. The van der Waals surface area contributed by atoms with E-state index in [1.54, 1.807) is 18.4 Å². The maximum absolute atomic E-state index is 6.02. The number of methoxy groups -OCH3 is 1. The Morgan fingerprint density at radius 2 is 2.20 bits per heavy atom. The minimum atomic E-state index is 0.375. The van der Waals surface area contributed by atoms with E-state index in [1.807, 2.05) is 25.1 Å². The van der Waals surface area contributed by atoms with Crippen LogP contribution in [0.4, 0.5) is 0 Å². The molecule has 2 aromatic heterocycles. The molecule has 0 unspecified atom stereocenters. The molecule has 20 heavy (non-hydrogen) atoms. The highest BCUT2D eigenvalue weighted by atomic mass is 35.5. The number of ether oxygens (including phenoxy) is 1. The number of fused-ring (bicyclic) bond motifs is 1. The predicted octanol–water partition coefficient (Wildman–Crippen LogP) is 3.60. The molecule has 0 fully saturated rings. The van der Waals surface area contributed by atoms with Crippen LogP contribution in [0.1, 0.15) is 16.5 Å². The summed E-state index contributed by atoms with van der Waals surface area (Å²) in [5, 5.41) is 3.13. The van der Waals surface area contributed by atoms with Crippen LogP contribution in [0, 0.1) is 6.92 Å². The summed E-state index contributed by atoms with van der Waals surface area (Å²) in [7, 11) is 1.66. The lowest BCUT2D eigenvalue weighted by molar-refractivity contribution is 0.415. The summed E-state index contributed by atoms with van der Waals surface area (Å²) in [6.07, 6.45) is 0. The number of benzene rings is 1. The summed E-state index contributed by atoms with van der Waals surface area (Å²) in [6.45, 7) is 2.68. The molecule has 4 nitrogen and oxygen atoms in total. The van der Waals surface area contributed by atoms with Crippen LogP contribution in [-0.2, 0) is 12.4 Å². The van der Waals surface area contributed by atoms with Gasteiger partial charge in [-0.05, 0) is 19.1 Å². The normalized spacial score (nSPS) is 11.2. The van der Waals surface area contributed by atoms with E-state index in [0.717, 1.165) is 33.3 Å². The molecule has 104 valence electrons. The van der Waals surface area contributed by atoms with Crippen molar-refractivity contribution in [2.24, 2.45) is 0 Å². The van der Waals surface area contributed by atoms with Gasteiger partial charge in [0.2, 0.25) is 0 Å². The van der Waals surface area contributed by atoms with E-state index in [4.69, 9.17) is 16.3 Å². The number of aromatic nitrogens is 3. The van der Waals surface area contributed by atoms with E-state index < -0.39 is 0 Å². The van der Waals surface area contributed by atoms with Crippen molar-refractivity contribution in [1.29, 1.82) is 0 Å². The largest absolute Gasteiger partial charge is 0.497 e. The van der Waals surface area contributed by atoms with Crippen molar-refractivity contribution in [1.82, 2.24) is 14.5 Å². The Morgan fingerprint density at radius 1 is 1.35 bits per heavy atom. The molecule has 0 saturated carbocycles. The van der Waals surface area contributed by atoms with Gasteiger partial charge in [-0.15, -0.1) is 22.9 Å². The summed E-state index contributed by atoms with van der Waals surface area (Å²) < 4.78 is 7.38. The van der Waals surface area contributed by atoms with Crippen LogP contribution in [0.2, 0.25) is 0 Å². The van der Waals surface area contributed by atoms with E-state index in [9.17, 15) is 0 Å². The van der Waals surface area contributed by atoms with Crippen molar-refractivity contribution >= 4 is 34.0 Å². The van der Waals surface area contributed by atoms with Crippen LogP contribution in [0.5, 0.6) is 5.75 Å². The van der Waals surface area contributed by atoms with Crippen LogP contribution in [0.15, 0.2) is 23.6 Å². The molecule has 0 aliphatic rings. The molecule has 6 heteroatoms. The minimum Gasteiger partial charge on any atom is -0.497 e. The van der Waals surface area contributed by atoms with Crippen molar-refractivity contribution < 1.29 is 4.74 Å². The maximum Gasteiger partial charge on any atom is 0.125 e. The van der Waals surface area contributed by atoms with Crippen LogP contribution in [0.3, 0.4) is 0 Å². The van der Waals surface area contributed by atoms with Crippen molar-refractivity contribution in [2.45, 2.75) is 19.3 Å². The van der Waals surface area contributed by atoms with Crippen molar-refractivity contribution in [3.63, 3.8) is 0 Å². The first-order chi connectivity index (χ1) is 9.71. The van der Waals surface area contributed by atoms with Gasteiger partial charge < -0.3 is 9.30 Å². The number of hydrogen-bond acceptors (Lipinski definition) is 4. The number of rotatable bonds is 4. The first-order valence-corrected chi connectivity index (χ1v) is 7.63. The quantitative estimate of drug-likeness (QED) is 0.691. The molecule has 0 N–H and O–H groups in total. The predicted molar refractivity (Wildman–Crippen MR) is 81.8 cm³/mol. The Bertz CT molecular complexity index is 750. The smallest absolute Gasteiger partial charge is 0.125 e. The number of thiazole rings is 1. The molecular weight excluding hydrogens is 294 g/mol. The van der Waals surface area contributed by atoms with Crippen LogP contribution in [0.25, 0.3) is 11.0 Å². The van der Waals surface area contributed by atoms with Crippen LogP contribution >= 0.6 is 22.9 Å². The molecule has 0 aliphatic heterocycles. The number of nitrogens with zero attached hydrogens (tertiary/aromatic N) is 3. The van der Waals surface area contributed by atoms with Gasteiger partial charge in [0, 0.05) is 11.4 Å². The van der Waals surface area contributed by atoms with Gasteiger partial charge >= 0.3 is 0 Å². The van der Waals surface area contributed by atoms with Gasteiger partial charge in [0.05, 0.1) is 41.3 Å². The van der Waals surface area contributed by atoms with Gasteiger partial charge in [-0.1, -0.05) is 0 Å². The summed E-state index contributed by atoms with van der Waals surface area (Å²) >= 11 is 7.67. The molecule has 0 bridgehead atoms. The van der Waals surface area contributed by atoms with Gasteiger partial charge in [-0.3, -0.25) is 0 Å². The Kier molecular flexibility index (Phi) is 3.63. The number of hydrogen-bond donors (Lipinski definition) is 0. The Balaban J connectivity index is 2.10. The molecule has 2 heterocycles. The Labute approximate surface area is 126 Å². The molecule has 1 aromatic carbocycles. The molecule has 3 aromatic rings. The van der Waals surface area contributed by atoms with Crippen molar-refractivity contribution in [3.8, 4) is 5.75 Å². The molecule has 0 saturated heterocycles. The summed E-state index contributed by atoms with van der Waals surface area (Å²) in [5.41, 5.74) is 2.97. The number of aryl methyl sites for hydroxylation is 1. The van der Waals surface area contributed by atoms with E-state index in [1.165, 1.54) is 0 Å². The minimum absolute atomic E-state index is 0.375. The topological polar surface area (TPSA) is 39.9 Å². The second-order valence-electron chi connectivity index (χ2n) is 4.46. The lowest BCUT2D eigenvalue weighted by Crippen LogP contribution is -2.04. The number of alkyl halides is 1. The zero-order valence-corrected chi connectivity index (χ0v) is 12.8. The van der Waals surface area contributed by atoms with Gasteiger partial charge in [-0.25, -0.2) is 9.97 Å². The van der Waals surface area contributed by atoms with Crippen molar-refractivity contribution in [3.05, 3.63) is 40.1 Å². The second kappa shape index (κ2) is 5.42. The molecule has 0 spiro atoms. The Hall–Kier alpha value is -1.59. The lowest BCUT2D eigenvalue weighted by Gasteiger charge is -2.06. The van der Waals surface area contributed by atoms with Gasteiger partial charge in [0.1, 0.15) is 11.6 Å². The van der Waals surface area contributed by atoms with Gasteiger partial charge in [0.25, 0.3) is 0 Å². The number of imidazole rings is 1. The highest BCUT2D eigenvalue weighted by molar-refractivity contribution is 7.09. The van der Waals surface area contributed by atoms with Gasteiger partial charge in [-0.2, -0.15) is 0 Å². The lowest BCUT2D eigenvalue weighted by atomic mass is 10.3. The summed E-state index contributed by atoms with van der Waals surface area (Å²) in [4.78, 5) is 9.07. The fourth-order valence-corrected chi connectivity index (χ4v) is 3.01. The fourth-order valence-electron chi connectivity index (χ4n) is 2.20. The highest BCUT2D eigenvalue weighted by Gasteiger charge is 2.12. The standard InChI is InChI=1S/C14H14ClN3OS/c1-9-16-10(8-20-9)7-18-13-5-11(19-2)3-4-12(13)17-14(18)6-15/h3-5,8H,6-7H2,1-2H3. The third-order valence-electron chi connectivity index (χ3n) is 3.14. The maximum atomic E-state index is 6.02. The van der Waals surface area contributed by atoms with E-state index in [2.05, 4.69) is 19.9 Å². The van der Waals surface area contributed by atoms with Crippen LogP contribution < -0.4 is 4.74 Å². The SMILES string of the molecule is COc1ccc2nc(CCl)n(Cc3csc(C)n3)c2c1. The monoisotopic (exact) mass is 307 g/mol. The average Bonchev–Trinajstić information content (AvgIpc) is 3.03. The highest BCUT2D eigenvalue weighted by Crippen LogP contribution is 2.24. The third-order valence-corrected chi connectivity index (χ3v) is 4.20. The van der Waals surface area contributed by atoms with Crippen LogP contribution in [-0.4, -0.2) is 21.6 Å². The van der Waals surface area contributed by atoms with E-state index in [0.29, 0.717) is 12.4 Å². The van der Waals surface area contributed by atoms with Crippen molar-refractivity contribution in [2.75, 3.05) is 7.11 Å². The second-order valence-corrected chi connectivity index (χ2v) is 5.79. The zero-order valence-electron chi connectivity index (χ0n) is 11.3. The molecule has 0 aliphatic carbocycles. The summed E-state index contributed by atoms with van der Waals surface area (Å²) in [5.74, 6) is 2.04. The first-order valence-electron chi connectivity index (χ1n) is 6.21. The van der Waals surface area contributed by atoms with Gasteiger partial charge in [0.15, 0.2) is 0 Å². The molecule has 0 radical (unpaired) electrons. The average molecular weight is 308 g/mol. The van der Waals surface area contributed by atoms with E-state index in [-0.39, 0.29) is 0 Å². The van der Waals surface area contributed by atoms with E-state index >= 15 is 0 Å². The molecule has 0 atom stereocenters. The first kappa shape index (κ1) is 13.4. The molecular formula is C14H14ClN3OS. The zero-order chi connectivity index (χ0) is 14.1. The molecule has 3 rings (SSSR count).